The van der Waals surface area contributed by atoms with E-state index in [4.69, 9.17) is 9.47 Å². The highest BCUT2D eigenvalue weighted by atomic mass is 79.9. The van der Waals surface area contributed by atoms with E-state index in [9.17, 15) is 4.79 Å². The Morgan fingerprint density at radius 3 is 2.61 bits per heavy atom. The molecule has 0 aliphatic rings. The molecule has 5 heteroatoms. The number of nitrogens with one attached hydrogen (secondary N) is 1. The summed E-state index contributed by atoms with van der Waals surface area (Å²) in [4.78, 5) is 11.5. The van der Waals surface area contributed by atoms with Crippen LogP contribution in [0.1, 0.15) is 20.8 Å². The molecule has 0 aromatic heterocycles. The quantitative estimate of drug-likeness (QED) is 0.867. The number of carbonyl (C=O) groups excluding carboxylic acids is 1. The van der Waals surface area contributed by atoms with E-state index in [1.165, 1.54) is 0 Å². The molecule has 0 radical (unpaired) electrons. The third-order valence-electron chi connectivity index (χ3n) is 2.01. The molecule has 0 unspecified atom stereocenters. The van der Waals surface area contributed by atoms with Crippen LogP contribution in [0, 0.1) is 0 Å². The number of methoxy groups -OCH3 is 1. The third-order valence-corrected chi connectivity index (χ3v) is 2.66. The number of rotatable bonds is 4. The van der Waals surface area contributed by atoms with Crippen LogP contribution < -0.4 is 10.1 Å². The van der Waals surface area contributed by atoms with Crippen LogP contribution in [0.4, 0.5) is 5.69 Å². The lowest BCUT2D eigenvalue weighted by Gasteiger charge is -2.19. The van der Waals surface area contributed by atoms with Crippen molar-refractivity contribution in [1.29, 1.82) is 0 Å². The number of hydrogen-bond donors (Lipinski definition) is 1. The van der Waals surface area contributed by atoms with Gasteiger partial charge in [0.05, 0.1) is 11.6 Å². The first kappa shape index (κ1) is 14.8. The Balaban J connectivity index is 2.56. The first-order valence-corrected chi connectivity index (χ1v) is 6.40. The number of hydrogen-bond acceptors (Lipinski definition) is 4. The van der Waals surface area contributed by atoms with Crippen LogP contribution in [0.3, 0.4) is 0 Å². The second-order valence-electron chi connectivity index (χ2n) is 4.79. The predicted molar refractivity (Wildman–Crippen MR) is 75.0 cm³/mol. The van der Waals surface area contributed by atoms with Gasteiger partial charge in [0, 0.05) is 11.8 Å². The Bertz CT molecular complexity index is 427. The SMILES string of the molecule is COc1cc(NCC(=O)OC(C)(C)C)ccc1Br. The molecule has 0 spiro atoms. The molecule has 0 bridgehead atoms. The Labute approximate surface area is 116 Å². The standard InChI is InChI=1S/C13H18BrNO3/c1-13(2,3)18-12(16)8-15-9-5-6-10(14)11(7-9)17-4/h5-7,15H,8H2,1-4H3. The molecule has 0 amide bonds. The zero-order valence-corrected chi connectivity index (χ0v) is 12.6. The van der Waals surface area contributed by atoms with Crippen LogP contribution in [-0.2, 0) is 9.53 Å². The summed E-state index contributed by atoms with van der Waals surface area (Å²) in [5, 5.41) is 2.99. The highest BCUT2D eigenvalue weighted by Gasteiger charge is 2.15. The average molecular weight is 316 g/mol. The number of anilines is 1. The zero-order chi connectivity index (χ0) is 13.8. The van der Waals surface area contributed by atoms with E-state index < -0.39 is 5.60 Å². The number of benzene rings is 1. The van der Waals surface area contributed by atoms with Gasteiger partial charge in [-0.15, -0.1) is 0 Å². The smallest absolute Gasteiger partial charge is 0.325 e. The minimum absolute atomic E-state index is 0.127. The van der Waals surface area contributed by atoms with Crippen LogP contribution in [0.5, 0.6) is 5.75 Å². The van der Waals surface area contributed by atoms with Crippen molar-refractivity contribution in [3.63, 3.8) is 0 Å². The van der Waals surface area contributed by atoms with Gasteiger partial charge in [-0.1, -0.05) is 0 Å². The van der Waals surface area contributed by atoms with Gasteiger partial charge in [-0.2, -0.15) is 0 Å². The van der Waals surface area contributed by atoms with Crippen molar-refractivity contribution in [2.75, 3.05) is 19.0 Å². The normalized spacial score (nSPS) is 10.9. The summed E-state index contributed by atoms with van der Waals surface area (Å²) in [5.74, 6) is 0.425. The van der Waals surface area contributed by atoms with E-state index in [0.717, 1.165) is 10.2 Å². The summed E-state index contributed by atoms with van der Waals surface area (Å²) in [6.45, 7) is 5.65. The second-order valence-corrected chi connectivity index (χ2v) is 5.64. The van der Waals surface area contributed by atoms with Crippen LogP contribution in [0.25, 0.3) is 0 Å². The molecule has 0 fully saturated rings. The molecule has 1 rings (SSSR count). The summed E-state index contributed by atoms with van der Waals surface area (Å²) < 4.78 is 11.2. The molecule has 0 heterocycles. The Hall–Kier alpha value is -1.23. The Morgan fingerprint density at radius 1 is 1.39 bits per heavy atom. The maximum Gasteiger partial charge on any atom is 0.325 e. The second kappa shape index (κ2) is 6.09. The van der Waals surface area contributed by atoms with Crippen molar-refractivity contribution in [2.24, 2.45) is 0 Å². The third kappa shape index (κ3) is 4.96. The van der Waals surface area contributed by atoms with Gasteiger partial charge in [-0.3, -0.25) is 4.79 Å². The molecule has 100 valence electrons. The summed E-state index contributed by atoms with van der Waals surface area (Å²) in [6, 6.07) is 5.53. The fraction of sp³-hybridized carbons (Fsp3) is 0.462. The molecular formula is C13H18BrNO3. The first-order chi connectivity index (χ1) is 8.31. The van der Waals surface area contributed by atoms with E-state index in [1.54, 1.807) is 7.11 Å². The minimum Gasteiger partial charge on any atom is -0.495 e. The van der Waals surface area contributed by atoms with Crippen molar-refractivity contribution >= 4 is 27.6 Å². The number of ether oxygens (including phenoxy) is 2. The topological polar surface area (TPSA) is 47.6 Å². The fourth-order valence-electron chi connectivity index (χ4n) is 1.32. The van der Waals surface area contributed by atoms with Gasteiger partial charge >= 0.3 is 5.97 Å². The molecule has 0 aliphatic heterocycles. The van der Waals surface area contributed by atoms with Gasteiger partial charge in [0.2, 0.25) is 0 Å². The van der Waals surface area contributed by atoms with E-state index in [2.05, 4.69) is 21.2 Å². The molecule has 4 nitrogen and oxygen atoms in total. The Kier molecular flexibility index (Phi) is 5.02. The van der Waals surface area contributed by atoms with E-state index in [1.807, 2.05) is 39.0 Å². The van der Waals surface area contributed by atoms with Gasteiger partial charge < -0.3 is 14.8 Å². The largest absolute Gasteiger partial charge is 0.495 e. The van der Waals surface area contributed by atoms with Crippen molar-refractivity contribution in [3.8, 4) is 5.75 Å². The van der Waals surface area contributed by atoms with Crippen LogP contribution in [-0.4, -0.2) is 25.2 Å². The summed E-state index contributed by atoms with van der Waals surface area (Å²) >= 11 is 3.37. The van der Waals surface area contributed by atoms with Crippen LogP contribution in [0.15, 0.2) is 22.7 Å². The minimum atomic E-state index is -0.462. The highest BCUT2D eigenvalue weighted by molar-refractivity contribution is 9.10. The van der Waals surface area contributed by atoms with Gasteiger partial charge in [-0.25, -0.2) is 0 Å². The maximum absolute atomic E-state index is 11.5. The molecule has 1 aromatic carbocycles. The van der Waals surface area contributed by atoms with Crippen molar-refractivity contribution < 1.29 is 14.3 Å². The summed E-state index contributed by atoms with van der Waals surface area (Å²) in [5.41, 5.74) is 0.344. The predicted octanol–water partition coefficient (Wildman–Crippen LogP) is 3.21. The van der Waals surface area contributed by atoms with Gasteiger partial charge in [0.1, 0.15) is 17.9 Å². The number of halogens is 1. The van der Waals surface area contributed by atoms with Gasteiger partial charge in [0.25, 0.3) is 0 Å². The van der Waals surface area contributed by atoms with Crippen molar-refractivity contribution in [1.82, 2.24) is 0 Å². The maximum atomic E-state index is 11.5. The first-order valence-electron chi connectivity index (χ1n) is 5.61. The lowest BCUT2D eigenvalue weighted by Crippen LogP contribution is -2.28. The van der Waals surface area contributed by atoms with E-state index in [-0.39, 0.29) is 12.5 Å². The summed E-state index contributed by atoms with van der Waals surface area (Å²) in [7, 11) is 1.59. The molecule has 1 aromatic rings. The fourth-order valence-corrected chi connectivity index (χ4v) is 1.73. The number of carbonyl (C=O) groups is 1. The lowest BCUT2D eigenvalue weighted by molar-refractivity contribution is -0.152. The van der Waals surface area contributed by atoms with Crippen molar-refractivity contribution in [2.45, 2.75) is 26.4 Å². The van der Waals surface area contributed by atoms with Crippen LogP contribution in [0.2, 0.25) is 0 Å². The molecule has 0 atom stereocenters. The van der Waals surface area contributed by atoms with E-state index in [0.29, 0.717) is 5.75 Å². The molecule has 18 heavy (non-hydrogen) atoms. The zero-order valence-electron chi connectivity index (χ0n) is 11.0. The van der Waals surface area contributed by atoms with Crippen molar-refractivity contribution in [3.05, 3.63) is 22.7 Å². The molecule has 1 N–H and O–H groups in total. The molecular weight excluding hydrogens is 298 g/mol. The van der Waals surface area contributed by atoms with E-state index >= 15 is 0 Å². The molecule has 0 saturated carbocycles. The molecule has 0 saturated heterocycles. The van der Waals surface area contributed by atoms with Crippen LogP contribution >= 0.6 is 15.9 Å². The average Bonchev–Trinajstić information content (AvgIpc) is 2.25. The molecule has 0 aliphatic carbocycles. The monoisotopic (exact) mass is 315 g/mol. The lowest BCUT2D eigenvalue weighted by atomic mass is 10.2. The summed E-state index contributed by atoms with van der Waals surface area (Å²) in [6.07, 6.45) is 0. The highest BCUT2D eigenvalue weighted by Crippen LogP contribution is 2.27. The Morgan fingerprint density at radius 2 is 2.06 bits per heavy atom. The number of esters is 1. The van der Waals surface area contributed by atoms with Gasteiger partial charge in [-0.05, 0) is 48.8 Å². The van der Waals surface area contributed by atoms with Gasteiger partial charge in [0.15, 0.2) is 0 Å².